The average Bonchev–Trinajstić information content (AvgIpc) is 2.60. The molecule has 0 heterocycles. The molecule has 0 spiro atoms. The Hall–Kier alpha value is -2.76. The van der Waals surface area contributed by atoms with Crippen LogP contribution in [0, 0.1) is 11.3 Å². The minimum atomic E-state index is -0.548. The van der Waals surface area contributed by atoms with Crippen molar-refractivity contribution in [1.82, 2.24) is 5.32 Å². The highest BCUT2D eigenvalue weighted by molar-refractivity contribution is 6.06. The lowest BCUT2D eigenvalue weighted by atomic mass is 10.2. The molecular weight excluding hydrogens is 314 g/mol. The van der Waals surface area contributed by atoms with Gasteiger partial charge in [-0.25, -0.2) is 0 Å². The Balaban J connectivity index is 2.62. The number of methoxy groups -OCH3 is 2. The van der Waals surface area contributed by atoms with Crippen LogP contribution in [-0.4, -0.2) is 51.6 Å². The second kappa shape index (κ2) is 10.9. The van der Waals surface area contributed by atoms with Crippen molar-refractivity contribution in [3.05, 3.63) is 30.0 Å². The number of anilines is 1. The molecular formula is C16H21N3O5. The summed E-state index contributed by atoms with van der Waals surface area (Å²) >= 11 is 0. The Labute approximate surface area is 140 Å². The van der Waals surface area contributed by atoms with Crippen molar-refractivity contribution >= 4 is 11.6 Å². The summed E-state index contributed by atoms with van der Waals surface area (Å²) in [5, 5.41) is 23.0. The number of aliphatic hydroxyl groups is 1. The van der Waals surface area contributed by atoms with Gasteiger partial charge in [0.1, 0.15) is 11.6 Å². The molecule has 0 aliphatic heterocycles. The van der Waals surface area contributed by atoms with Gasteiger partial charge >= 0.3 is 0 Å². The lowest BCUT2D eigenvalue weighted by Crippen LogP contribution is -2.19. The van der Waals surface area contributed by atoms with Crippen molar-refractivity contribution in [1.29, 1.82) is 5.26 Å². The van der Waals surface area contributed by atoms with Crippen LogP contribution in [0.1, 0.15) is 0 Å². The van der Waals surface area contributed by atoms with Crippen LogP contribution in [-0.2, 0) is 9.53 Å². The summed E-state index contributed by atoms with van der Waals surface area (Å²) in [4.78, 5) is 12.1. The van der Waals surface area contributed by atoms with E-state index in [0.717, 1.165) is 0 Å². The number of carbonyl (C=O) groups is 1. The minimum Gasteiger partial charge on any atom is -0.493 e. The number of aliphatic hydroxyl groups excluding tert-OH is 1. The van der Waals surface area contributed by atoms with Crippen LogP contribution in [0.2, 0.25) is 0 Å². The summed E-state index contributed by atoms with van der Waals surface area (Å²) in [5.74, 6) is 0.460. The molecule has 0 aliphatic carbocycles. The molecule has 0 saturated heterocycles. The Morgan fingerprint density at radius 2 is 2.04 bits per heavy atom. The maximum absolute atomic E-state index is 12.1. The van der Waals surface area contributed by atoms with Gasteiger partial charge in [0.05, 0.1) is 34.0 Å². The van der Waals surface area contributed by atoms with Crippen molar-refractivity contribution in [2.45, 2.75) is 0 Å². The lowest BCUT2D eigenvalue weighted by Gasteiger charge is -2.10. The molecule has 0 radical (unpaired) electrons. The number of hydrogen-bond donors (Lipinski definition) is 3. The third-order valence-electron chi connectivity index (χ3n) is 2.88. The van der Waals surface area contributed by atoms with Crippen molar-refractivity contribution in [2.24, 2.45) is 0 Å². The van der Waals surface area contributed by atoms with Gasteiger partial charge in [-0.05, 0) is 12.1 Å². The topological polar surface area (TPSA) is 113 Å². The number of hydrogen-bond acceptors (Lipinski definition) is 7. The first-order chi connectivity index (χ1) is 11.7. The Bertz CT molecular complexity index is 610. The van der Waals surface area contributed by atoms with Crippen LogP contribution in [0.3, 0.4) is 0 Å². The van der Waals surface area contributed by atoms with Crippen molar-refractivity contribution in [3.8, 4) is 17.6 Å². The van der Waals surface area contributed by atoms with Gasteiger partial charge in [0.15, 0.2) is 11.5 Å². The van der Waals surface area contributed by atoms with Crippen LogP contribution >= 0.6 is 0 Å². The van der Waals surface area contributed by atoms with E-state index < -0.39 is 5.91 Å². The molecule has 1 aromatic carbocycles. The van der Waals surface area contributed by atoms with Gasteiger partial charge in [-0.3, -0.25) is 4.79 Å². The maximum atomic E-state index is 12.1. The maximum Gasteiger partial charge on any atom is 0.267 e. The SMILES string of the molecule is COc1ccc(NC(=O)/C(C#N)=C\NCCOCCO)cc1OC. The van der Waals surface area contributed by atoms with E-state index in [-0.39, 0.29) is 18.8 Å². The molecule has 24 heavy (non-hydrogen) atoms. The third kappa shape index (κ3) is 6.16. The van der Waals surface area contributed by atoms with Gasteiger partial charge in [0, 0.05) is 24.5 Å². The first-order valence-electron chi connectivity index (χ1n) is 7.21. The highest BCUT2D eigenvalue weighted by Crippen LogP contribution is 2.29. The summed E-state index contributed by atoms with van der Waals surface area (Å²) in [6.45, 7) is 0.963. The smallest absolute Gasteiger partial charge is 0.267 e. The minimum absolute atomic E-state index is 0.0486. The fourth-order valence-corrected chi connectivity index (χ4v) is 1.73. The highest BCUT2D eigenvalue weighted by Gasteiger charge is 2.11. The van der Waals surface area contributed by atoms with E-state index in [2.05, 4.69) is 10.6 Å². The average molecular weight is 335 g/mol. The Kier molecular flexibility index (Phi) is 8.74. The second-order valence-electron chi connectivity index (χ2n) is 4.48. The van der Waals surface area contributed by atoms with Gasteiger partial charge in [-0.2, -0.15) is 5.26 Å². The summed E-state index contributed by atoms with van der Waals surface area (Å²) < 4.78 is 15.3. The van der Waals surface area contributed by atoms with Gasteiger partial charge in [-0.1, -0.05) is 0 Å². The van der Waals surface area contributed by atoms with Gasteiger partial charge in [-0.15, -0.1) is 0 Å². The lowest BCUT2D eigenvalue weighted by molar-refractivity contribution is -0.112. The first kappa shape index (κ1) is 19.3. The van der Waals surface area contributed by atoms with E-state index >= 15 is 0 Å². The molecule has 0 bridgehead atoms. The summed E-state index contributed by atoms with van der Waals surface area (Å²) in [5.41, 5.74) is 0.400. The van der Waals surface area contributed by atoms with Gasteiger partial charge < -0.3 is 30.0 Å². The molecule has 1 amide bonds. The first-order valence-corrected chi connectivity index (χ1v) is 7.21. The molecule has 130 valence electrons. The van der Waals surface area contributed by atoms with Crippen LogP contribution in [0.4, 0.5) is 5.69 Å². The van der Waals surface area contributed by atoms with Crippen molar-refractivity contribution < 1.29 is 24.1 Å². The van der Waals surface area contributed by atoms with Gasteiger partial charge in [0.25, 0.3) is 5.91 Å². The zero-order chi connectivity index (χ0) is 17.8. The van der Waals surface area contributed by atoms with E-state index in [0.29, 0.717) is 30.3 Å². The number of amides is 1. The number of benzene rings is 1. The van der Waals surface area contributed by atoms with E-state index in [9.17, 15) is 4.79 Å². The van der Waals surface area contributed by atoms with Gasteiger partial charge in [0.2, 0.25) is 0 Å². The largest absolute Gasteiger partial charge is 0.493 e. The van der Waals surface area contributed by atoms with Crippen molar-refractivity contribution in [2.75, 3.05) is 45.9 Å². The third-order valence-corrected chi connectivity index (χ3v) is 2.88. The fourth-order valence-electron chi connectivity index (χ4n) is 1.73. The second-order valence-corrected chi connectivity index (χ2v) is 4.48. The number of ether oxygens (including phenoxy) is 3. The molecule has 0 saturated carbocycles. The molecule has 8 heteroatoms. The monoisotopic (exact) mass is 335 g/mol. The molecule has 0 atom stereocenters. The quantitative estimate of drug-likeness (QED) is 0.327. The molecule has 1 rings (SSSR count). The van der Waals surface area contributed by atoms with Crippen LogP contribution < -0.4 is 20.1 Å². The predicted octanol–water partition coefficient (Wildman–Crippen LogP) is 0.648. The predicted molar refractivity (Wildman–Crippen MR) is 87.8 cm³/mol. The van der Waals surface area contributed by atoms with E-state index in [1.54, 1.807) is 18.2 Å². The molecule has 1 aromatic rings. The number of nitrogens with zero attached hydrogens (tertiary/aromatic N) is 1. The number of carbonyl (C=O) groups excluding carboxylic acids is 1. The summed E-state index contributed by atoms with van der Waals surface area (Å²) in [6.07, 6.45) is 1.32. The number of nitrogens with one attached hydrogen (secondary N) is 2. The number of nitriles is 1. The standard InChI is InChI=1S/C16H21N3O5/c1-22-14-4-3-13(9-15(14)23-2)19-16(21)12(10-17)11-18-5-7-24-8-6-20/h3-4,9,11,18,20H,5-8H2,1-2H3,(H,19,21)/b12-11-. The molecule has 8 nitrogen and oxygen atoms in total. The molecule has 0 fully saturated rings. The molecule has 3 N–H and O–H groups in total. The Morgan fingerprint density at radius 3 is 2.67 bits per heavy atom. The van der Waals surface area contributed by atoms with Crippen LogP contribution in [0.25, 0.3) is 0 Å². The van der Waals surface area contributed by atoms with E-state index in [4.69, 9.17) is 24.6 Å². The molecule has 0 aromatic heterocycles. The normalized spacial score (nSPS) is 10.7. The summed E-state index contributed by atoms with van der Waals surface area (Å²) in [6, 6.07) is 6.72. The molecule has 0 unspecified atom stereocenters. The molecule has 0 aliphatic rings. The zero-order valence-electron chi connectivity index (χ0n) is 13.7. The zero-order valence-corrected chi connectivity index (χ0v) is 13.7. The van der Waals surface area contributed by atoms with Crippen LogP contribution in [0.5, 0.6) is 11.5 Å². The fraction of sp³-hybridized carbons (Fsp3) is 0.375. The summed E-state index contributed by atoms with van der Waals surface area (Å²) in [7, 11) is 3.01. The number of rotatable bonds is 10. The van der Waals surface area contributed by atoms with Crippen LogP contribution in [0.15, 0.2) is 30.0 Å². The Morgan fingerprint density at radius 1 is 1.29 bits per heavy atom. The van der Waals surface area contributed by atoms with Crippen molar-refractivity contribution in [3.63, 3.8) is 0 Å². The highest BCUT2D eigenvalue weighted by atomic mass is 16.5. The van der Waals surface area contributed by atoms with E-state index in [1.807, 2.05) is 6.07 Å². The van der Waals surface area contributed by atoms with E-state index in [1.165, 1.54) is 20.4 Å².